The van der Waals surface area contributed by atoms with Gasteiger partial charge in [-0.3, -0.25) is 4.79 Å². The van der Waals surface area contributed by atoms with Gasteiger partial charge >= 0.3 is 0 Å². The normalized spacial score (nSPS) is 21.7. The Morgan fingerprint density at radius 3 is 2.41 bits per heavy atom. The van der Waals surface area contributed by atoms with Gasteiger partial charge in [0, 0.05) is 39.4 Å². The van der Waals surface area contributed by atoms with Crippen LogP contribution in [0.3, 0.4) is 0 Å². The van der Waals surface area contributed by atoms with Crippen molar-refractivity contribution >= 4 is 30.7 Å². The number of nitrogens with one attached hydrogen (secondary N) is 1. The van der Waals surface area contributed by atoms with Crippen molar-refractivity contribution in [2.45, 2.75) is 56.5 Å². The number of rotatable bonds is 6. The Morgan fingerprint density at radius 1 is 1.27 bits per heavy atom. The predicted molar refractivity (Wildman–Crippen MR) is 94.0 cm³/mol. The fourth-order valence-corrected chi connectivity index (χ4v) is 3.30. The molecule has 7 heteroatoms. The third-order valence-electron chi connectivity index (χ3n) is 4.69. The minimum Gasteiger partial charge on any atom is -0.385 e. The number of halogens is 2. The van der Waals surface area contributed by atoms with Gasteiger partial charge < -0.3 is 20.7 Å². The Morgan fingerprint density at radius 2 is 1.86 bits per heavy atom. The highest BCUT2D eigenvalue weighted by Gasteiger charge is 2.38. The Labute approximate surface area is 146 Å². The van der Waals surface area contributed by atoms with E-state index in [4.69, 9.17) is 10.5 Å². The van der Waals surface area contributed by atoms with Crippen molar-refractivity contribution in [1.29, 1.82) is 0 Å². The first-order chi connectivity index (χ1) is 9.64. The molecule has 1 aliphatic heterocycles. The topological polar surface area (TPSA) is 67.6 Å². The predicted octanol–water partition coefficient (Wildman–Crippen LogP) is 1.72. The molecule has 5 nitrogen and oxygen atoms in total. The fraction of sp³-hybridized carbons (Fsp3) is 0.933. The summed E-state index contributed by atoms with van der Waals surface area (Å²) in [7, 11) is 1.74. The van der Waals surface area contributed by atoms with Crippen molar-refractivity contribution in [2.24, 2.45) is 5.73 Å². The Hall–Kier alpha value is -0.0700. The zero-order valence-corrected chi connectivity index (χ0v) is 15.1. The summed E-state index contributed by atoms with van der Waals surface area (Å²) in [5.74, 6) is 0.0767. The molecular weight excluding hydrogens is 325 g/mol. The molecule has 1 saturated heterocycles. The van der Waals surface area contributed by atoms with E-state index >= 15 is 0 Å². The summed E-state index contributed by atoms with van der Waals surface area (Å²) in [5, 5.41) is 3.17. The molecule has 0 spiro atoms. The van der Waals surface area contributed by atoms with Gasteiger partial charge in [-0.2, -0.15) is 0 Å². The number of hydrogen-bond donors (Lipinski definition) is 2. The van der Waals surface area contributed by atoms with Gasteiger partial charge in [-0.15, -0.1) is 24.8 Å². The van der Waals surface area contributed by atoms with Crippen LogP contribution in [0.5, 0.6) is 0 Å². The minimum absolute atomic E-state index is 0. The summed E-state index contributed by atoms with van der Waals surface area (Å²) < 4.78 is 5.08. The number of carbonyl (C=O) groups excluding carboxylic acids is 1. The van der Waals surface area contributed by atoms with Gasteiger partial charge in [0.1, 0.15) is 0 Å². The van der Waals surface area contributed by atoms with Gasteiger partial charge in [0.25, 0.3) is 0 Å². The molecular formula is C15H31Cl2N3O2. The molecule has 2 rings (SSSR count). The molecule has 22 heavy (non-hydrogen) atoms. The molecule has 3 N–H and O–H groups in total. The van der Waals surface area contributed by atoms with Gasteiger partial charge in [-0.05, 0) is 32.1 Å². The quantitative estimate of drug-likeness (QED) is 0.711. The van der Waals surface area contributed by atoms with Crippen LogP contribution < -0.4 is 11.1 Å². The zero-order chi connectivity index (χ0) is 14.4. The lowest BCUT2D eigenvalue weighted by Gasteiger charge is -2.34. The molecule has 0 aromatic rings. The maximum Gasteiger partial charge on any atom is 0.240 e. The second kappa shape index (κ2) is 10.7. The van der Waals surface area contributed by atoms with E-state index in [1.165, 1.54) is 0 Å². The summed E-state index contributed by atoms with van der Waals surface area (Å²) in [5.41, 5.74) is 5.60. The lowest BCUT2D eigenvalue weighted by Crippen LogP contribution is -2.56. The smallest absolute Gasteiger partial charge is 0.240 e. The standard InChI is InChI=1S/C15H29N3O2.2ClH/c1-20-12-4-9-18-10-5-13(6-11-18)17-14(19)15(16)7-2-3-8-15;;/h13H,2-12,16H2,1H3,(H,17,19);2*1H. The first-order valence-electron chi connectivity index (χ1n) is 7.95. The lowest BCUT2D eigenvalue weighted by atomic mass is 9.96. The van der Waals surface area contributed by atoms with Crippen molar-refractivity contribution in [3.05, 3.63) is 0 Å². The van der Waals surface area contributed by atoms with Crippen molar-refractivity contribution in [3.8, 4) is 0 Å². The van der Waals surface area contributed by atoms with Gasteiger partial charge in [-0.1, -0.05) is 12.8 Å². The number of amides is 1. The Kier molecular flexibility index (Phi) is 10.6. The van der Waals surface area contributed by atoms with Gasteiger partial charge in [0.05, 0.1) is 5.54 Å². The van der Waals surface area contributed by atoms with Crippen LogP contribution in [0.1, 0.15) is 44.9 Å². The molecule has 0 radical (unpaired) electrons. The van der Waals surface area contributed by atoms with Crippen LogP contribution in [0.2, 0.25) is 0 Å². The first kappa shape index (κ1) is 21.9. The molecule has 0 aromatic heterocycles. The molecule has 0 atom stereocenters. The highest BCUT2D eigenvalue weighted by atomic mass is 35.5. The maximum absolute atomic E-state index is 12.3. The van der Waals surface area contributed by atoms with E-state index in [2.05, 4.69) is 10.2 Å². The van der Waals surface area contributed by atoms with Crippen LogP contribution in [0.4, 0.5) is 0 Å². The van der Waals surface area contributed by atoms with E-state index in [1.54, 1.807) is 7.11 Å². The summed E-state index contributed by atoms with van der Waals surface area (Å²) in [6, 6.07) is 0.308. The molecule has 1 amide bonds. The van der Waals surface area contributed by atoms with E-state index in [0.29, 0.717) is 6.04 Å². The SMILES string of the molecule is COCCCN1CCC(NC(=O)C2(N)CCCC2)CC1.Cl.Cl. The average Bonchev–Trinajstić information content (AvgIpc) is 2.89. The molecule has 1 aliphatic carbocycles. The highest BCUT2D eigenvalue weighted by Crippen LogP contribution is 2.27. The number of ether oxygens (including phenoxy) is 1. The molecule has 132 valence electrons. The third-order valence-corrected chi connectivity index (χ3v) is 4.69. The van der Waals surface area contributed by atoms with E-state index < -0.39 is 5.54 Å². The molecule has 2 aliphatic rings. The average molecular weight is 356 g/mol. The monoisotopic (exact) mass is 355 g/mol. The summed E-state index contributed by atoms with van der Waals surface area (Å²) in [4.78, 5) is 14.7. The minimum atomic E-state index is -0.588. The molecule has 1 saturated carbocycles. The van der Waals surface area contributed by atoms with Crippen molar-refractivity contribution in [2.75, 3.05) is 33.4 Å². The number of likely N-dealkylation sites (tertiary alicyclic amines) is 1. The van der Waals surface area contributed by atoms with Crippen LogP contribution in [-0.4, -0.2) is 55.7 Å². The second-order valence-electron chi connectivity index (χ2n) is 6.30. The number of hydrogen-bond acceptors (Lipinski definition) is 4. The van der Waals surface area contributed by atoms with E-state index in [0.717, 1.165) is 71.2 Å². The molecule has 0 bridgehead atoms. The van der Waals surface area contributed by atoms with E-state index in [9.17, 15) is 4.79 Å². The van der Waals surface area contributed by atoms with Gasteiger partial charge in [0.2, 0.25) is 5.91 Å². The summed E-state index contributed by atoms with van der Waals surface area (Å²) >= 11 is 0. The molecule has 0 unspecified atom stereocenters. The number of carbonyl (C=O) groups is 1. The third kappa shape index (κ3) is 6.20. The summed E-state index contributed by atoms with van der Waals surface area (Å²) in [6.45, 7) is 4.04. The van der Waals surface area contributed by atoms with Crippen LogP contribution in [0.15, 0.2) is 0 Å². The Bertz CT molecular complexity index is 318. The van der Waals surface area contributed by atoms with Gasteiger partial charge in [0.15, 0.2) is 0 Å². The highest BCUT2D eigenvalue weighted by molar-refractivity contribution is 5.86. The van der Waals surface area contributed by atoms with Crippen molar-refractivity contribution in [3.63, 3.8) is 0 Å². The van der Waals surface area contributed by atoms with Crippen LogP contribution in [0, 0.1) is 0 Å². The number of piperidine rings is 1. The Balaban J connectivity index is 0.00000220. The largest absolute Gasteiger partial charge is 0.385 e. The molecule has 1 heterocycles. The number of nitrogens with two attached hydrogens (primary N) is 1. The molecule has 2 fully saturated rings. The van der Waals surface area contributed by atoms with Crippen LogP contribution >= 0.6 is 24.8 Å². The zero-order valence-electron chi connectivity index (χ0n) is 13.5. The summed E-state index contributed by atoms with van der Waals surface area (Å²) in [6.07, 6.45) is 7.01. The number of nitrogens with zero attached hydrogens (tertiary/aromatic N) is 1. The van der Waals surface area contributed by atoms with Crippen LogP contribution in [-0.2, 0) is 9.53 Å². The van der Waals surface area contributed by atoms with E-state index in [-0.39, 0.29) is 30.7 Å². The lowest BCUT2D eigenvalue weighted by molar-refractivity contribution is -0.127. The van der Waals surface area contributed by atoms with Gasteiger partial charge in [-0.25, -0.2) is 0 Å². The van der Waals surface area contributed by atoms with Crippen LogP contribution in [0.25, 0.3) is 0 Å². The number of methoxy groups -OCH3 is 1. The van der Waals surface area contributed by atoms with E-state index in [1.807, 2.05) is 0 Å². The van der Waals surface area contributed by atoms with Crippen molar-refractivity contribution < 1.29 is 9.53 Å². The first-order valence-corrected chi connectivity index (χ1v) is 7.95. The maximum atomic E-state index is 12.3. The second-order valence-corrected chi connectivity index (χ2v) is 6.30. The fourth-order valence-electron chi connectivity index (χ4n) is 3.30. The molecule has 0 aromatic carbocycles. The van der Waals surface area contributed by atoms with Crippen molar-refractivity contribution in [1.82, 2.24) is 10.2 Å².